The van der Waals surface area contributed by atoms with Crippen molar-refractivity contribution in [3.8, 4) is 0 Å². The van der Waals surface area contributed by atoms with Crippen molar-refractivity contribution >= 4 is 11.6 Å². The van der Waals surface area contributed by atoms with Gasteiger partial charge in [0.1, 0.15) is 18.0 Å². The lowest BCUT2D eigenvalue weighted by Gasteiger charge is -2.20. The smallest absolute Gasteiger partial charge is 0.134 e. The minimum Gasteiger partial charge on any atom is -0.370 e. The Balaban J connectivity index is 2.06. The molecule has 1 fully saturated rings. The lowest BCUT2D eigenvalue weighted by Crippen LogP contribution is -2.23. The molecule has 1 aromatic rings. The minimum atomic E-state index is 0.405. The van der Waals surface area contributed by atoms with Crippen molar-refractivity contribution in [2.75, 3.05) is 29.9 Å². The van der Waals surface area contributed by atoms with Gasteiger partial charge in [-0.2, -0.15) is 0 Å². The highest BCUT2D eigenvalue weighted by molar-refractivity contribution is 5.49. The van der Waals surface area contributed by atoms with Crippen LogP contribution in [0.1, 0.15) is 33.6 Å². The Morgan fingerprint density at radius 2 is 2.24 bits per heavy atom. The Bertz CT molecular complexity index is 375. The number of hydrogen-bond donors (Lipinski definition) is 1. The number of nitrogens with zero attached hydrogens (tertiary/aromatic N) is 3. The lowest BCUT2D eigenvalue weighted by atomic mass is 9.93. The van der Waals surface area contributed by atoms with Crippen molar-refractivity contribution in [1.29, 1.82) is 0 Å². The fraction of sp³-hybridized carbons (Fsp3) is 0.692. The summed E-state index contributed by atoms with van der Waals surface area (Å²) in [5.74, 6) is 1.98. The Kier molecular flexibility index (Phi) is 3.50. The number of nitrogens with one attached hydrogen (secondary N) is 1. The summed E-state index contributed by atoms with van der Waals surface area (Å²) in [5, 5.41) is 3.30. The van der Waals surface area contributed by atoms with Crippen LogP contribution in [0.25, 0.3) is 0 Å². The summed E-state index contributed by atoms with van der Waals surface area (Å²) in [6.07, 6.45) is 3.99. The zero-order valence-electron chi connectivity index (χ0n) is 11.0. The Morgan fingerprint density at radius 3 is 2.88 bits per heavy atom. The first-order valence-corrected chi connectivity index (χ1v) is 6.41. The van der Waals surface area contributed by atoms with E-state index in [1.165, 1.54) is 6.42 Å². The molecule has 0 spiro atoms. The molecule has 0 atom stereocenters. The van der Waals surface area contributed by atoms with Crippen LogP contribution >= 0.6 is 0 Å². The van der Waals surface area contributed by atoms with Crippen molar-refractivity contribution in [2.24, 2.45) is 5.41 Å². The summed E-state index contributed by atoms with van der Waals surface area (Å²) in [5.41, 5.74) is 0.405. The first kappa shape index (κ1) is 12.1. The predicted octanol–water partition coefficient (Wildman–Crippen LogP) is 2.53. The van der Waals surface area contributed by atoms with Crippen molar-refractivity contribution in [3.05, 3.63) is 12.4 Å². The Morgan fingerprint density at radius 1 is 1.41 bits per heavy atom. The number of aromatic nitrogens is 2. The van der Waals surface area contributed by atoms with Gasteiger partial charge in [-0.3, -0.25) is 0 Å². The van der Waals surface area contributed by atoms with Gasteiger partial charge in [-0.25, -0.2) is 9.97 Å². The summed E-state index contributed by atoms with van der Waals surface area (Å²) >= 11 is 0. The molecule has 0 amide bonds. The molecule has 94 valence electrons. The summed E-state index contributed by atoms with van der Waals surface area (Å²) in [6, 6.07) is 2.05. The second kappa shape index (κ2) is 4.90. The monoisotopic (exact) mass is 234 g/mol. The first-order chi connectivity index (χ1) is 8.11. The summed E-state index contributed by atoms with van der Waals surface area (Å²) < 4.78 is 0. The van der Waals surface area contributed by atoms with Gasteiger partial charge in [-0.1, -0.05) is 20.8 Å². The maximum absolute atomic E-state index is 4.37. The molecule has 1 aliphatic rings. The quantitative estimate of drug-likeness (QED) is 0.869. The summed E-state index contributed by atoms with van der Waals surface area (Å²) in [6.45, 7) is 9.91. The minimum absolute atomic E-state index is 0.405. The van der Waals surface area contributed by atoms with Gasteiger partial charge in [-0.15, -0.1) is 0 Å². The van der Waals surface area contributed by atoms with Crippen LogP contribution in [-0.2, 0) is 0 Å². The topological polar surface area (TPSA) is 41.0 Å². The van der Waals surface area contributed by atoms with E-state index in [4.69, 9.17) is 0 Å². The molecule has 0 bridgehead atoms. The highest BCUT2D eigenvalue weighted by Crippen LogP contribution is 2.31. The maximum Gasteiger partial charge on any atom is 0.134 e. The summed E-state index contributed by atoms with van der Waals surface area (Å²) in [4.78, 5) is 11.0. The molecule has 2 heterocycles. The highest BCUT2D eigenvalue weighted by atomic mass is 15.2. The van der Waals surface area contributed by atoms with Gasteiger partial charge in [0.15, 0.2) is 0 Å². The van der Waals surface area contributed by atoms with Crippen molar-refractivity contribution in [2.45, 2.75) is 33.6 Å². The summed E-state index contributed by atoms with van der Waals surface area (Å²) in [7, 11) is 0. The van der Waals surface area contributed by atoms with Gasteiger partial charge >= 0.3 is 0 Å². The van der Waals surface area contributed by atoms with E-state index in [0.29, 0.717) is 5.41 Å². The zero-order chi connectivity index (χ0) is 12.3. The standard InChI is InChI=1S/C13H22N4/c1-4-6-14-11-8-12(16-10-15-11)17-7-5-13(2,3)9-17/h8,10H,4-7,9H2,1-3H3,(H,14,15,16). The van der Waals surface area contributed by atoms with E-state index in [0.717, 1.165) is 37.7 Å². The third kappa shape index (κ3) is 3.08. The number of hydrogen-bond acceptors (Lipinski definition) is 4. The van der Waals surface area contributed by atoms with Crippen LogP contribution in [0.15, 0.2) is 12.4 Å². The molecule has 4 heteroatoms. The van der Waals surface area contributed by atoms with E-state index in [1.807, 2.05) is 0 Å². The van der Waals surface area contributed by atoms with Crippen molar-refractivity contribution < 1.29 is 0 Å². The third-order valence-corrected chi connectivity index (χ3v) is 3.21. The van der Waals surface area contributed by atoms with Crippen LogP contribution in [-0.4, -0.2) is 29.6 Å². The van der Waals surface area contributed by atoms with Crippen LogP contribution < -0.4 is 10.2 Å². The lowest BCUT2D eigenvalue weighted by molar-refractivity contribution is 0.418. The van der Waals surface area contributed by atoms with Gasteiger partial charge in [0, 0.05) is 25.7 Å². The maximum atomic E-state index is 4.37. The average molecular weight is 234 g/mol. The van der Waals surface area contributed by atoms with Crippen LogP contribution in [0.3, 0.4) is 0 Å². The molecule has 1 N–H and O–H groups in total. The molecule has 2 rings (SSSR count). The van der Waals surface area contributed by atoms with Crippen LogP contribution in [0.5, 0.6) is 0 Å². The predicted molar refractivity (Wildman–Crippen MR) is 71.4 cm³/mol. The fourth-order valence-corrected chi connectivity index (χ4v) is 2.18. The molecular weight excluding hydrogens is 212 g/mol. The van der Waals surface area contributed by atoms with Gasteiger partial charge in [-0.05, 0) is 18.3 Å². The van der Waals surface area contributed by atoms with Crippen molar-refractivity contribution in [1.82, 2.24) is 9.97 Å². The molecule has 0 radical (unpaired) electrons. The zero-order valence-corrected chi connectivity index (χ0v) is 11.0. The fourth-order valence-electron chi connectivity index (χ4n) is 2.18. The normalized spacial score (nSPS) is 18.4. The second-order valence-corrected chi connectivity index (χ2v) is 5.52. The molecule has 1 aromatic heterocycles. The molecule has 17 heavy (non-hydrogen) atoms. The van der Waals surface area contributed by atoms with E-state index in [2.05, 4.69) is 47.0 Å². The highest BCUT2D eigenvalue weighted by Gasteiger charge is 2.29. The van der Waals surface area contributed by atoms with Gasteiger partial charge in [0.25, 0.3) is 0 Å². The Hall–Kier alpha value is -1.32. The van der Waals surface area contributed by atoms with Gasteiger partial charge in [0.05, 0.1) is 0 Å². The van der Waals surface area contributed by atoms with Gasteiger partial charge < -0.3 is 10.2 Å². The molecule has 1 saturated heterocycles. The average Bonchev–Trinajstić information content (AvgIpc) is 2.67. The second-order valence-electron chi connectivity index (χ2n) is 5.52. The van der Waals surface area contributed by atoms with Gasteiger partial charge in [0.2, 0.25) is 0 Å². The number of anilines is 2. The molecule has 0 saturated carbocycles. The van der Waals surface area contributed by atoms with E-state index in [9.17, 15) is 0 Å². The largest absolute Gasteiger partial charge is 0.370 e. The van der Waals surface area contributed by atoms with E-state index in [-0.39, 0.29) is 0 Å². The number of rotatable bonds is 4. The van der Waals surface area contributed by atoms with E-state index in [1.54, 1.807) is 6.33 Å². The Labute approximate surface area is 103 Å². The first-order valence-electron chi connectivity index (χ1n) is 6.41. The molecule has 0 aliphatic carbocycles. The van der Waals surface area contributed by atoms with Crippen LogP contribution in [0.2, 0.25) is 0 Å². The van der Waals surface area contributed by atoms with E-state index >= 15 is 0 Å². The molecule has 1 aliphatic heterocycles. The van der Waals surface area contributed by atoms with Crippen molar-refractivity contribution in [3.63, 3.8) is 0 Å². The molecule has 0 aromatic carbocycles. The SMILES string of the molecule is CCCNc1cc(N2CCC(C)(C)C2)ncn1. The molecular formula is C13H22N4. The third-order valence-electron chi connectivity index (χ3n) is 3.21. The van der Waals surface area contributed by atoms with Crippen LogP contribution in [0.4, 0.5) is 11.6 Å². The van der Waals surface area contributed by atoms with E-state index < -0.39 is 0 Å². The molecule has 4 nitrogen and oxygen atoms in total. The van der Waals surface area contributed by atoms with Crippen LogP contribution in [0, 0.1) is 5.41 Å². The molecule has 0 unspecified atom stereocenters.